The fourth-order valence-corrected chi connectivity index (χ4v) is 8.20. The van der Waals surface area contributed by atoms with E-state index >= 15 is 4.39 Å². The molecule has 3 aliphatic heterocycles. The van der Waals surface area contributed by atoms with Gasteiger partial charge in [0.2, 0.25) is 0 Å². The molecule has 3 fully saturated rings. The second kappa shape index (κ2) is 11.7. The molecule has 5 heterocycles. The minimum atomic E-state index is -0.262. The summed E-state index contributed by atoms with van der Waals surface area (Å²) in [6.07, 6.45) is 8.40. The molecule has 0 bridgehead atoms. The van der Waals surface area contributed by atoms with E-state index in [-0.39, 0.29) is 16.9 Å². The first-order valence-corrected chi connectivity index (χ1v) is 16.4. The number of fused-ring (bicyclic) bond motifs is 3. The maximum atomic E-state index is 15.1. The van der Waals surface area contributed by atoms with Crippen molar-refractivity contribution < 1.29 is 13.9 Å². The smallest absolute Gasteiger partial charge is 0.319 e. The van der Waals surface area contributed by atoms with Gasteiger partial charge in [-0.25, -0.2) is 4.39 Å². The number of hydrogen-bond acceptors (Lipinski definition) is 8. The van der Waals surface area contributed by atoms with E-state index < -0.39 is 0 Å². The van der Waals surface area contributed by atoms with E-state index in [0.717, 1.165) is 77.4 Å². The van der Waals surface area contributed by atoms with Gasteiger partial charge < -0.3 is 19.7 Å². The van der Waals surface area contributed by atoms with Gasteiger partial charge >= 0.3 is 6.01 Å². The summed E-state index contributed by atoms with van der Waals surface area (Å²) < 4.78 is 28.2. The Kier molecular flexibility index (Phi) is 7.90. The molecule has 7 rings (SSSR count). The van der Waals surface area contributed by atoms with E-state index in [9.17, 15) is 0 Å². The van der Waals surface area contributed by atoms with E-state index in [1.54, 1.807) is 6.07 Å². The number of hydrogen-bond donors (Lipinski definition) is 1. The van der Waals surface area contributed by atoms with Crippen LogP contribution in [0.1, 0.15) is 38.5 Å². The van der Waals surface area contributed by atoms with Crippen LogP contribution in [0.2, 0.25) is 0 Å². The highest BCUT2D eigenvalue weighted by Crippen LogP contribution is 2.40. The minimum absolute atomic E-state index is 0.0509. The first kappa shape index (κ1) is 29.1. The topological polar surface area (TPSA) is 75.6 Å². The fourth-order valence-electron chi connectivity index (χ4n) is 7.36. The Morgan fingerprint density at radius 2 is 1.79 bits per heavy atom. The maximum Gasteiger partial charge on any atom is 0.319 e. The number of aromatic nitrogens is 3. The molecule has 0 radical (unpaired) electrons. The molecule has 43 heavy (non-hydrogen) atoms. The molecule has 0 unspecified atom stereocenters. The molecule has 0 atom stereocenters. The number of benzene rings is 2. The van der Waals surface area contributed by atoms with Crippen molar-refractivity contribution in [1.82, 2.24) is 24.8 Å². The predicted molar refractivity (Wildman–Crippen MR) is 176 cm³/mol. The summed E-state index contributed by atoms with van der Waals surface area (Å²) in [5, 5.41) is 5.90. The summed E-state index contributed by atoms with van der Waals surface area (Å²) in [6.45, 7) is 5.04. The van der Waals surface area contributed by atoms with Crippen molar-refractivity contribution in [3.63, 3.8) is 0 Å². The Labute approximate surface area is 265 Å². The second-order valence-electron chi connectivity index (χ2n) is 12.5. The molecule has 0 saturated carbocycles. The number of pyridine rings is 1. The molecule has 0 spiro atoms. The average Bonchev–Trinajstić information content (AvgIpc) is 3.60. The van der Waals surface area contributed by atoms with Crippen molar-refractivity contribution in [2.75, 3.05) is 58.9 Å². The Morgan fingerprint density at radius 1 is 1.05 bits per heavy atom. The predicted octanol–water partition coefficient (Wildman–Crippen LogP) is 6.12. The van der Waals surface area contributed by atoms with Crippen molar-refractivity contribution in [2.24, 2.45) is 0 Å². The number of ether oxygens (including phenoxy) is 2. The fraction of sp³-hybridized carbons (Fsp3) is 0.485. The van der Waals surface area contributed by atoms with Gasteiger partial charge in [0.1, 0.15) is 18.2 Å². The number of halogens is 2. The molecule has 0 aliphatic carbocycles. The van der Waals surface area contributed by atoms with Crippen LogP contribution in [0, 0.1) is 9.39 Å². The summed E-state index contributed by atoms with van der Waals surface area (Å²) in [7, 11) is 4.27. The maximum absolute atomic E-state index is 15.1. The van der Waals surface area contributed by atoms with Crippen molar-refractivity contribution in [3.8, 4) is 17.3 Å². The normalized spacial score (nSPS) is 19.7. The van der Waals surface area contributed by atoms with Crippen molar-refractivity contribution in [1.29, 1.82) is 0 Å². The van der Waals surface area contributed by atoms with Gasteiger partial charge in [0.05, 0.1) is 25.7 Å². The largest absolute Gasteiger partial charge is 0.461 e. The van der Waals surface area contributed by atoms with Gasteiger partial charge in [-0.05, 0) is 99.8 Å². The number of rotatable bonds is 8. The van der Waals surface area contributed by atoms with Crippen LogP contribution < -0.4 is 10.1 Å². The highest BCUT2D eigenvalue weighted by atomic mass is 127. The lowest BCUT2D eigenvalue weighted by molar-refractivity contribution is -0.000660. The molecule has 0 amide bonds. The zero-order valence-electron chi connectivity index (χ0n) is 24.8. The lowest BCUT2D eigenvalue weighted by Crippen LogP contribution is -2.53. The highest BCUT2D eigenvalue weighted by Gasteiger charge is 2.45. The highest BCUT2D eigenvalue weighted by molar-refractivity contribution is 14.1. The Hall–Kier alpha value is -2.67. The summed E-state index contributed by atoms with van der Waals surface area (Å²) in [5.41, 5.74) is 2.23. The van der Waals surface area contributed by atoms with Crippen molar-refractivity contribution in [2.45, 2.75) is 49.6 Å². The van der Waals surface area contributed by atoms with Crippen LogP contribution in [0.3, 0.4) is 0 Å². The molecule has 2 aromatic heterocycles. The van der Waals surface area contributed by atoms with Gasteiger partial charge in [0, 0.05) is 42.4 Å². The molecule has 3 aliphatic rings. The lowest BCUT2D eigenvalue weighted by atomic mass is 9.88. The van der Waals surface area contributed by atoms with Crippen LogP contribution in [0.5, 0.6) is 6.01 Å². The molecule has 1 N–H and O–H groups in total. The van der Waals surface area contributed by atoms with Gasteiger partial charge in [-0.2, -0.15) is 9.97 Å². The Balaban J connectivity index is 1.30. The van der Waals surface area contributed by atoms with E-state index in [1.807, 2.05) is 30.5 Å². The monoisotopic (exact) mass is 696 g/mol. The standard InChI is InChI=1S/C33H38FIN6O2/c1-40(2)32(13-17-42-18-14-32)20-37-30-24-19-36-28(23-9-3-7-22-8-4-10-25(34)26(22)23)27(35)29(24)38-31(39-30)43-21-33-11-5-15-41(33)16-6-12-33/h3-4,7-10,19H,5-6,11-18,20-21H2,1-2H3,(H,37,38,39). The van der Waals surface area contributed by atoms with E-state index in [2.05, 4.69) is 51.8 Å². The third kappa shape index (κ3) is 5.23. The third-order valence-corrected chi connectivity index (χ3v) is 11.0. The summed E-state index contributed by atoms with van der Waals surface area (Å²) in [4.78, 5) is 19.7. The quantitative estimate of drug-likeness (QED) is 0.221. The van der Waals surface area contributed by atoms with E-state index in [0.29, 0.717) is 36.1 Å². The van der Waals surface area contributed by atoms with Gasteiger partial charge in [-0.1, -0.05) is 30.3 Å². The van der Waals surface area contributed by atoms with Crippen LogP contribution in [0.25, 0.3) is 32.9 Å². The zero-order chi connectivity index (χ0) is 29.6. The van der Waals surface area contributed by atoms with Crippen LogP contribution in [0.4, 0.5) is 10.2 Å². The molecule has 4 aromatic rings. The average molecular weight is 697 g/mol. The van der Waals surface area contributed by atoms with Crippen molar-refractivity contribution in [3.05, 3.63) is 52.0 Å². The Bertz CT molecular complexity index is 1640. The van der Waals surface area contributed by atoms with Crippen LogP contribution in [-0.2, 0) is 4.74 Å². The van der Waals surface area contributed by atoms with Crippen LogP contribution >= 0.6 is 22.6 Å². The van der Waals surface area contributed by atoms with E-state index in [4.69, 9.17) is 24.4 Å². The van der Waals surface area contributed by atoms with Crippen LogP contribution in [-0.4, -0.2) is 89.4 Å². The van der Waals surface area contributed by atoms with Crippen LogP contribution in [0.15, 0.2) is 42.6 Å². The SMILES string of the molecule is CN(C)C1(CNc2nc(OCC34CCCN3CCC4)nc3c(I)c(-c4cccc5cccc(F)c45)ncc23)CCOCC1. The number of nitrogens with one attached hydrogen (secondary N) is 1. The van der Waals surface area contributed by atoms with E-state index in [1.165, 1.54) is 18.9 Å². The van der Waals surface area contributed by atoms with Crippen molar-refractivity contribution >= 4 is 50.1 Å². The molecular formula is C33H38FIN6O2. The number of nitrogens with zero attached hydrogens (tertiary/aromatic N) is 5. The summed E-state index contributed by atoms with van der Waals surface area (Å²) in [5.74, 6) is 0.447. The molecule has 3 saturated heterocycles. The molecular weight excluding hydrogens is 658 g/mol. The summed E-state index contributed by atoms with van der Waals surface area (Å²) >= 11 is 2.30. The zero-order valence-corrected chi connectivity index (χ0v) is 27.0. The van der Waals surface area contributed by atoms with Gasteiger partial charge in [0.15, 0.2) is 0 Å². The molecule has 8 nitrogen and oxygen atoms in total. The van der Waals surface area contributed by atoms with Gasteiger partial charge in [-0.3, -0.25) is 9.88 Å². The third-order valence-electron chi connectivity index (χ3n) is 10.0. The number of likely N-dealkylation sites (N-methyl/N-ethyl adjacent to an activating group) is 1. The second-order valence-corrected chi connectivity index (χ2v) is 13.6. The molecule has 2 aromatic carbocycles. The molecule has 226 valence electrons. The number of anilines is 1. The first-order chi connectivity index (χ1) is 20.9. The summed E-state index contributed by atoms with van der Waals surface area (Å²) in [6, 6.07) is 11.3. The minimum Gasteiger partial charge on any atom is -0.461 e. The van der Waals surface area contributed by atoms with Gasteiger partial charge in [-0.15, -0.1) is 0 Å². The Morgan fingerprint density at radius 3 is 2.53 bits per heavy atom. The first-order valence-electron chi connectivity index (χ1n) is 15.3. The molecule has 10 heteroatoms. The van der Waals surface area contributed by atoms with Gasteiger partial charge in [0.25, 0.3) is 0 Å². The lowest BCUT2D eigenvalue weighted by Gasteiger charge is -2.43.